The maximum atomic E-state index is 13.4. The van der Waals surface area contributed by atoms with Crippen LogP contribution in [0.2, 0.25) is 0 Å². The second-order valence-corrected chi connectivity index (χ2v) is 10.7. The third-order valence-electron chi connectivity index (χ3n) is 7.19. The highest BCUT2D eigenvalue weighted by Crippen LogP contribution is 2.31. The van der Waals surface area contributed by atoms with Crippen molar-refractivity contribution >= 4 is 29.8 Å². The average Bonchev–Trinajstić information content (AvgIpc) is 3.11. The lowest BCUT2D eigenvalue weighted by atomic mass is 9.97. The number of hydrogen-bond donors (Lipinski definition) is 2. The van der Waals surface area contributed by atoms with Gasteiger partial charge in [-0.15, -0.1) is 0 Å². The minimum atomic E-state index is -1.49. The normalized spacial score (nSPS) is 20.2. The molecule has 0 spiro atoms. The summed E-state index contributed by atoms with van der Waals surface area (Å²) in [6.45, 7) is -0.617. The Morgan fingerprint density at radius 3 is 1.56 bits per heavy atom. The van der Waals surface area contributed by atoms with Gasteiger partial charge in [0.05, 0.1) is 42.9 Å². The maximum absolute atomic E-state index is 13.4. The van der Waals surface area contributed by atoms with Crippen molar-refractivity contribution in [2.45, 2.75) is 56.4 Å². The summed E-state index contributed by atoms with van der Waals surface area (Å²) in [5.41, 5.74) is 5.60. The molecule has 13 nitrogen and oxygen atoms in total. The van der Waals surface area contributed by atoms with Gasteiger partial charge in [0, 0.05) is 6.42 Å². The first-order valence-corrected chi connectivity index (χ1v) is 15.4. The molecule has 48 heavy (non-hydrogen) atoms. The van der Waals surface area contributed by atoms with Crippen LogP contribution >= 0.6 is 0 Å². The Balaban J connectivity index is 1.57. The number of primary amides is 1. The molecule has 0 aromatic heterocycles. The van der Waals surface area contributed by atoms with Gasteiger partial charge in [-0.25, -0.2) is 14.4 Å². The molecule has 3 aromatic carbocycles. The van der Waals surface area contributed by atoms with E-state index in [1.165, 1.54) is 36.4 Å². The Hall–Kier alpha value is -5.11. The molecule has 1 fully saturated rings. The van der Waals surface area contributed by atoms with Crippen molar-refractivity contribution in [3.8, 4) is 0 Å². The first kappa shape index (κ1) is 35.7. The number of hydrogen-bond acceptors (Lipinski definition) is 12. The van der Waals surface area contributed by atoms with Crippen molar-refractivity contribution in [1.82, 2.24) is 0 Å². The summed E-state index contributed by atoms with van der Waals surface area (Å²) in [6, 6.07) is 24.1. The van der Waals surface area contributed by atoms with E-state index in [9.17, 15) is 29.1 Å². The van der Waals surface area contributed by atoms with Crippen molar-refractivity contribution in [2.75, 3.05) is 19.8 Å². The average molecular weight is 664 g/mol. The predicted molar refractivity (Wildman–Crippen MR) is 167 cm³/mol. The van der Waals surface area contributed by atoms with Crippen LogP contribution in [-0.4, -0.2) is 85.4 Å². The third kappa shape index (κ3) is 10.5. The summed E-state index contributed by atoms with van der Waals surface area (Å²) in [4.78, 5) is 62.5. The van der Waals surface area contributed by atoms with Crippen LogP contribution in [0.4, 0.5) is 0 Å². The highest BCUT2D eigenvalue weighted by Gasteiger charge is 2.53. The summed E-state index contributed by atoms with van der Waals surface area (Å²) in [7, 11) is 0. The molecule has 13 heteroatoms. The smallest absolute Gasteiger partial charge is 0.338 e. The first-order chi connectivity index (χ1) is 23.3. The Morgan fingerprint density at radius 1 is 0.625 bits per heavy atom. The maximum Gasteiger partial charge on any atom is 0.338 e. The van der Waals surface area contributed by atoms with E-state index in [0.29, 0.717) is 12.8 Å². The lowest BCUT2D eigenvalue weighted by Gasteiger charge is -2.44. The largest absolute Gasteiger partial charge is 0.466 e. The number of unbranched alkanes of at least 4 members (excludes halogenated alkanes) is 1. The zero-order chi connectivity index (χ0) is 34.3. The van der Waals surface area contributed by atoms with Crippen LogP contribution in [0, 0.1) is 0 Å². The monoisotopic (exact) mass is 663 g/mol. The molecule has 0 bridgehead atoms. The van der Waals surface area contributed by atoms with Crippen molar-refractivity contribution in [3.05, 3.63) is 108 Å². The van der Waals surface area contributed by atoms with E-state index in [1.54, 1.807) is 54.6 Å². The quantitative estimate of drug-likeness (QED) is 0.130. The fraction of sp³-hybridized carbons (Fsp3) is 0.343. The van der Waals surface area contributed by atoms with Gasteiger partial charge in [-0.05, 0) is 49.2 Å². The van der Waals surface area contributed by atoms with Crippen molar-refractivity contribution in [3.63, 3.8) is 0 Å². The van der Waals surface area contributed by atoms with Crippen LogP contribution in [0.3, 0.4) is 0 Å². The topological polar surface area (TPSA) is 187 Å². The molecule has 0 saturated carbocycles. The predicted octanol–water partition coefficient (Wildman–Crippen LogP) is 2.99. The second-order valence-electron chi connectivity index (χ2n) is 10.7. The van der Waals surface area contributed by atoms with Crippen LogP contribution in [0.15, 0.2) is 91.0 Å². The highest BCUT2D eigenvalue weighted by molar-refractivity contribution is 5.91. The second kappa shape index (κ2) is 18.3. The van der Waals surface area contributed by atoms with Crippen LogP contribution in [-0.2, 0) is 38.0 Å². The van der Waals surface area contributed by atoms with Gasteiger partial charge in [0.1, 0.15) is 6.10 Å². The Labute approximate surface area is 276 Å². The summed E-state index contributed by atoms with van der Waals surface area (Å²) in [5.74, 6) is -3.57. The molecule has 5 atom stereocenters. The molecule has 3 aromatic rings. The molecule has 0 aliphatic carbocycles. The third-order valence-corrected chi connectivity index (χ3v) is 7.19. The van der Waals surface area contributed by atoms with Crippen LogP contribution < -0.4 is 5.73 Å². The number of amides is 1. The van der Waals surface area contributed by atoms with E-state index in [4.69, 9.17) is 34.2 Å². The molecule has 0 radical (unpaired) electrons. The number of rotatable bonds is 16. The van der Waals surface area contributed by atoms with Crippen LogP contribution in [0.1, 0.15) is 56.8 Å². The number of carbonyl (C=O) groups excluding carboxylic acids is 5. The van der Waals surface area contributed by atoms with Crippen molar-refractivity contribution in [2.24, 2.45) is 5.73 Å². The van der Waals surface area contributed by atoms with E-state index in [-0.39, 0.29) is 42.7 Å². The molecule has 254 valence electrons. The lowest BCUT2D eigenvalue weighted by Crippen LogP contribution is -2.63. The molecule has 3 N–H and O–H groups in total. The van der Waals surface area contributed by atoms with E-state index < -0.39 is 67.1 Å². The van der Waals surface area contributed by atoms with E-state index in [2.05, 4.69) is 0 Å². The van der Waals surface area contributed by atoms with Gasteiger partial charge in [0.25, 0.3) is 0 Å². The number of ether oxygens (including phenoxy) is 6. The van der Waals surface area contributed by atoms with Gasteiger partial charge in [0.15, 0.2) is 24.6 Å². The van der Waals surface area contributed by atoms with Gasteiger partial charge < -0.3 is 39.3 Å². The molecule has 1 aliphatic rings. The molecular formula is C35H37NO12. The molecule has 1 aliphatic heterocycles. The molecule has 1 saturated heterocycles. The van der Waals surface area contributed by atoms with Crippen molar-refractivity contribution in [1.29, 1.82) is 0 Å². The Bertz CT molecular complexity index is 1500. The number of aliphatic hydroxyl groups excluding tert-OH is 1. The van der Waals surface area contributed by atoms with Crippen molar-refractivity contribution < 1.29 is 57.5 Å². The number of carbonyl (C=O) groups is 5. The minimum Gasteiger partial charge on any atom is -0.466 e. The zero-order valence-electron chi connectivity index (χ0n) is 26.0. The summed E-state index contributed by atoms with van der Waals surface area (Å²) in [5, 5.41) is 10.4. The highest BCUT2D eigenvalue weighted by atomic mass is 16.7. The van der Waals surface area contributed by atoms with Gasteiger partial charge in [0.2, 0.25) is 5.91 Å². The molecule has 1 heterocycles. The molecule has 1 amide bonds. The summed E-state index contributed by atoms with van der Waals surface area (Å²) in [6.07, 6.45) is -6.53. The SMILES string of the molecule is NC(=O)CCC(=O)OCCCCO[C@@H]1O[C@H](CO)[C@@H](OC(=O)c2ccccc2)[C@H](OC(=O)c2ccccc2)[C@H]1OC(=O)c1ccccc1. The zero-order valence-corrected chi connectivity index (χ0v) is 26.0. The first-order valence-electron chi connectivity index (χ1n) is 15.4. The van der Waals surface area contributed by atoms with Crippen LogP contribution in [0.25, 0.3) is 0 Å². The molecular weight excluding hydrogens is 626 g/mol. The number of nitrogens with two attached hydrogens (primary N) is 1. The Kier molecular flexibility index (Phi) is 13.6. The Morgan fingerprint density at radius 2 is 1.08 bits per heavy atom. The van der Waals surface area contributed by atoms with Crippen LogP contribution in [0.5, 0.6) is 0 Å². The molecule has 0 unspecified atom stereocenters. The standard InChI is InChI=1S/C35H37NO12/c36-27(38)18-19-28(39)43-20-10-11-21-44-35-31(48-34(42)25-16-8-3-9-17-25)30(47-33(41)24-14-6-2-7-15-24)29(26(22-37)45-35)46-32(40)23-12-4-1-5-13-23/h1-9,12-17,26,29-31,35,37H,10-11,18-22H2,(H2,36,38)/t26-,29-,30+,31-,35-/m1/s1. The number of aliphatic hydroxyl groups is 1. The van der Waals surface area contributed by atoms with Gasteiger partial charge >= 0.3 is 23.9 Å². The van der Waals surface area contributed by atoms with Gasteiger partial charge in [-0.3, -0.25) is 9.59 Å². The van der Waals surface area contributed by atoms with E-state index in [0.717, 1.165) is 0 Å². The summed E-state index contributed by atoms with van der Waals surface area (Å²) >= 11 is 0. The fourth-order valence-electron chi connectivity index (χ4n) is 4.75. The minimum absolute atomic E-state index is 0.00879. The molecule has 4 rings (SSSR count). The number of esters is 4. The van der Waals surface area contributed by atoms with E-state index >= 15 is 0 Å². The van der Waals surface area contributed by atoms with Gasteiger partial charge in [-0.2, -0.15) is 0 Å². The number of benzene rings is 3. The lowest BCUT2D eigenvalue weighted by molar-refractivity contribution is -0.298. The summed E-state index contributed by atoms with van der Waals surface area (Å²) < 4.78 is 34.6. The van der Waals surface area contributed by atoms with Gasteiger partial charge in [-0.1, -0.05) is 54.6 Å². The van der Waals surface area contributed by atoms with E-state index in [1.807, 2.05) is 0 Å². The fourth-order valence-corrected chi connectivity index (χ4v) is 4.75.